The highest BCUT2D eigenvalue weighted by Gasteiger charge is 2.17. The Morgan fingerprint density at radius 1 is 1.03 bits per heavy atom. The van der Waals surface area contributed by atoms with E-state index in [0.29, 0.717) is 34.5 Å². The van der Waals surface area contributed by atoms with Crippen LogP contribution in [0.3, 0.4) is 0 Å². The SMILES string of the molecule is CC(Oc1ccccc1Cl)C(=O)Nc1ccc(NC(=S)NC(=O)CCC2CCCCC2)cc1. The van der Waals surface area contributed by atoms with E-state index in [1.54, 1.807) is 55.5 Å². The lowest BCUT2D eigenvalue weighted by Gasteiger charge is -2.21. The lowest BCUT2D eigenvalue weighted by molar-refractivity contribution is -0.122. The van der Waals surface area contributed by atoms with Gasteiger partial charge in [-0.1, -0.05) is 55.8 Å². The van der Waals surface area contributed by atoms with Gasteiger partial charge in [0.1, 0.15) is 5.75 Å². The molecular formula is C25H30ClN3O3S. The molecule has 1 aliphatic rings. The van der Waals surface area contributed by atoms with E-state index in [4.69, 9.17) is 28.6 Å². The molecule has 2 amide bonds. The lowest BCUT2D eigenvalue weighted by Crippen LogP contribution is -2.34. The zero-order chi connectivity index (χ0) is 23.6. The average molecular weight is 488 g/mol. The summed E-state index contributed by atoms with van der Waals surface area (Å²) in [6, 6.07) is 14.0. The summed E-state index contributed by atoms with van der Waals surface area (Å²) in [4.78, 5) is 24.6. The molecule has 3 rings (SSSR count). The summed E-state index contributed by atoms with van der Waals surface area (Å²) in [6.45, 7) is 1.66. The van der Waals surface area contributed by atoms with E-state index in [1.807, 2.05) is 0 Å². The van der Waals surface area contributed by atoms with Crippen molar-refractivity contribution in [2.24, 2.45) is 5.92 Å². The maximum absolute atomic E-state index is 12.4. The molecule has 0 saturated heterocycles. The molecule has 6 nitrogen and oxygen atoms in total. The van der Waals surface area contributed by atoms with Crippen molar-refractivity contribution in [1.29, 1.82) is 0 Å². The summed E-state index contributed by atoms with van der Waals surface area (Å²) < 4.78 is 5.64. The van der Waals surface area contributed by atoms with Crippen LogP contribution in [-0.2, 0) is 9.59 Å². The molecule has 0 spiro atoms. The van der Waals surface area contributed by atoms with E-state index in [1.165, 1.54) is 32.1 Å². The Kier molecular flexibility index (Phi) is 9.51. The van der Waals surface area contributed by atoms with Crippen molar-refractivity contribution >= 4 is 52.1 Å². The molecule has 0 aromatic heterocycles. The van der Waals surface area contributed by atoms with Gasteiger partial charge in [-0.2, -0.15) is 0 Å². The minimum atomic E-state index is -0.723. The number of ether oxygens (including phenoxy) is 1. The summed E-state index contributed by atoms with van der Waals surface area (Å²) in [5.74, 6) is 0.757. The summed E-state index contributed by atoms with van der Waals surface area (Å²) in [7, 11) is 0. The van der Waals surface area contributed by atoms with Crippen molar-refractivity contribution in [1.82, 2.24) is 5.32 Å². The van der Waals surface area contributed by atoms with Gasteiger partial charge in [0.05, 0.1) is 5.02 Å². The maximum atomic E-state index is 12.4. The molecule has 1 fully saturated rings. The molecule has 1 unspecified atom stereocenters. The molecule has 0 heterocycles. The summed E-state index contributed by atoms with van der Waals surface area (Å²) >= 11 is 11.3. The number of hydrogen-bond acceptors (Lipinski definition) is 4. The van der Waals surface area contributed by atoms with Gasteiger partial charge in [0.25, 0.3) is 5.91 Å². The van der Waals surface area contributed by atoms with Gasteiger partial charge in [0.15, 0.2) is 11.2 Å². The Hall–Kier alpha value is -2.64. The van der Waals surface area contributed by atoms with Gasteiger partial charge in [0.2, 0.25) is 5.91 Å². The number of amides is 2. The first kappa shape index (κ1) is 25.0. The van der Waals surface area contributed by atoms with E-state index in [-0.39, 0.29) is 16.9 Å². The van der Waals surface area contributed by atoms with Gasteiger partial charge in [-0.25, -0.2) is 0 Å². The van der Waals surface area contributed by atoms with E-state index in [0.717, 1.165) is 6.42 Å². The fourth-order valence-electron chi connectivity index (χ4n) is 3.83. The van der Waals surface area contributed by atoms with Gasteiger partial charge < -0.3 is 20.7 Å². The Labute approximate surface area is 205 Å². The van der Waals surface area contributed by atoms with Crippen molar-refractivity contribution in [3.63, 3.8) is 0 Å². The summed E-state index contributed by atoms with van der Waals surface area (Å²) in [6.07, 6.45) is 7.00. The Balaban J connectivity index is 1.41. The van der Waals surface area contributed by atoms with Crippen LogP contribution in [0.4, 0.5) is 11.4 Å². The first-order valence-corrected chi connectivity index (χ1v) is 12.1. The van der Waals surface area contributed by atoms with Gasteiger partial charge in [0, 0.05) is 17.8 Å². The smallest absolute Gasteiger partial charge is 0.265 e. The molecular weight excluding hydrogens is 458 g/mol. The van der Waals surface area contributed by atoms with Crippen molar-refractivity contribution in [2.75, 3.05) is 10.6 Å². The number of para-hydroxylation sites is 1. The quantitative estimate of drug-likeness (QED) is 0.403. The molecule has 0 aliphatic heterocycles. The Morgan fingerprint density at radius 3 is 2.33 bits per heavy atom. The van der Waals surface area contributed by atoms with E-state index in [2.05, 4.69) is 16.0 Å². The minimum Gasteiger partial charge on any atom is -0.479 e. The monoisotopic (exact) mass is 487 g/mol. The van der Waals surface area contributed by atoms with Crippen LogP contribution in [-0.4, -0.2) is 23.0 Å². The zero-order valence-electron chi connectivity index (χ0n) is 18.7. The molecule has 8 heteroatoms. The van der Waals surface area contributed by atoms with E-state index in [9.17, 15) is 9.59 Å². The van der Waals surface area contributed by atoms with E-state index >= 15 is 0 Å². The highest BCUT2D eigenvalue weighted by molar-refractivity contribution is 7.80. The standard InChI is InChI=1S/C25H30ClN3O3S/c1-17(32-22-10-6-5-9-21(22)26)24(31)27-19-12-14-20(15-13-19)28-25(33)29-23(30)16-11-18-7-3-2-4-8-18/h5-6,9-10,12-15,17-18H,2-4,7-8,11,16H2,1H3,(H,27,31)(H2,28,29,30,33). The molecule has 33 heavy (non-hydrogen) atoms. The second kappa shape index (κ2) is 12.6. The highest BCUT2D eigenvalue weighted by atomic mass is 35.5. The molecule has 1 saturated carbocycles. The van der Waals surface area contributed by atoms with Gasteiger partial charge >= 0.3 is 0 Å². The first-order valence-electron chi connectivity index (χ1n) is 11.3. The molecule has 3 N–H and O–H groups in total. The second-order valence-corrected chi connectivity index (χ2v) is 9.12. The third-order valence-corrected chi connectivity index (χ3v) is 6.19. The third-order valence-electron chi connectivity index (χ3n) is 5.68. The number of halogens is 1. The maximum Gasteiger partial charge on any atom is 0.265 e. The van der Waals surface area contributed by atoms with E-state index < -0.39 is 6.10 Å². The number of rotatable bonds is 8. The van der Waals surface area contributed by atoms with Crippen LogP contribution in [0.2, 0.25) is 5.02 Å². The number of nitrogens with one attached hydrogen (secondary N) is 3. The number of carbonyl (C=O) groups excluding carboxylic acids is 2. The van der Waals surface area contributed by atoms with Crippen molar-refractivity contribution in [3.8, 4) is 5.75 Å². The molecule has 176 valence electrons. The fourth-order valence-corrected chi connectivity index (χ4v) is 4.24. The van der Waals surface area contributed by atoms with Crippen LogP contribution >= 0.6 is 23.8 Å². The number of hydrogen-bond donors (Lipinski definition) is 3. The first-order chi connectivity index (χ1) is 15.9. The Bertz CT molecular complexity index is 962. The predicted molar refractivity (Wildman–Crippen MR) is 137 cm³/mol. The molecule has 0 bridgehead atoms. The number of thiocarbonyl (C=S) groups is 1. The fraction of sp³-hybridized carbons (Fsp3) is 0.400. The predicted octanol–water partition coefficient (Wildman–Crippen LogP) is 5.92. The highest BCUT2D eigenvalue weighted by Crippen LogP contribution is 2.27. The molecule has 0 radical (unpaired) electrons. The summed E-state index contributed by atoms with van der Waals surface area (Å²) in [5, 5.41) is 9.26. The minimum absolute atomic E-state index is 0.0607. The number of benzene rings is 2. The van der Waals surface area contributed by atoms with Crippen molar-refractivity contribution < 1.29 is 14.3 Å². The Morgan fingerprint density at radius 2 is 1.67 bits per heavy atom. The molecule has 1 aliphatic carbocycles. The van der Waals surface area contributed by atoms with Crippen LogP contribution in [0.5, 0.6) is 5.75 Å². The second-order valence-electron chi connectivity index (χ2n) is 8.30. The molecule has 1 atom stereocenters. The van der Waals surface area contributed by atoms with Crippen LogP contribution in [0.25, 0.3) is 0 Å². The van der Waals surface area contributed by atoms with Crippen LogP contribution in [0.15, 0.2) is 48.5 Å². The third kappa shape index (κ3) is 8.33. The van der Waals surface area contributed by atoms with Crippen molar-refractivity contribution in [2.45, 2.75) is 58.0 Å². The zero-order valence-corrected chi connectivity index (χ0v) is 20.3. The number of carbonyl (C=O) groups is 2. The molecule has 2 aromatic carbocycles. The van der Waals surface area contributed by atoms with Gasteiger partial charge in [-0.15, -0.1) is 0 Å². The average Bonchev–Trinajstić information content (AvgIpc) is 2.81. The van der Waals surface area contributed by atoms with Crippen LogP contribution in [0.1, 0.15) is 51.9 Å². The van der Waals surface area contributed by atoms with Crippen LogP contribution in [0, 0.1) is 5.92 Å². The number of anilines is 2. The molecule has 2 aromatic rings. The largest absolute Gasteiger partial charge is 0.479 e. The topological polar surface area (TPSA) is 79.5 Å². The normalized spacial score (nSPS) is 14.7. The summed E-state index contributed by atoms with van der Waals surface area (Å²) in [5.41, 5.74) is 1.33. The van der Waals surface area contributed by atoms with Crippen molar-refractivity contribution in [3.05, 3.63) is 53.6 Å². The van der Waals surface area contributed by atoms with Gasteiger partial charge in [-0.05, 0) is 67.9 Å². The van der Waals surface area contributed by atoms with Crippen LogP contribution < -0.4 is 20.7 Å². The lowest BCUT2D eigenvalue weighted by atomic mass is 9.86. The van der Waals surface area contributed by atoms with Gasteiger partial charge in [-0.3, -0.25) is 9.59 Å².